The van der Waals surface area contributed by atoms with Gasteiger partial charge in [-0.05, 0) is 36.8 Å². The van der Waals surface area contributed by atoms with Crippen LogP contribution in [0, 0.1) is 6.92 Å². The third-order valence-corrected chi connectivity index (χ3v) is 4.34. The number of aryl methyl sites for hydroxylation is 1. The Morgan fingerprint density at radius 2 is 2.10 bits per heavy atom. The maximum absolute atomic E-state index is 11.3. The van der Waals surface area contributed by atoms with Crippen molar-refractivity contribution in [1.82, 2.24) is 4.98 Å². The summed E-state index contributed by atoms with van der Waals surface area (Å²) in [6.07, 6.45) is 0. The highest BCUT2D eigenvalue weighted by Gasteiger charge is 2.15. The summed E-state index contributed by atoms with van der Waals surface area (Å²) in [4.78, 5) is 15.9. The lowest BCUT2D eigenvalue weighted by Crippen LogP contribution is -2.03. The monoisotopic (exact) mass is 317 g/mol. The number of nitrogens with zero attached hydrogens (tertiary/aromatic N) is 1. The second-order valence-corrected chi connectivity index (χ2v) is 6.14. The molecular formula is C16H12ClNO2S. The van der Waals surface area contributed by atoms with Crippen LogP contribution in [-0.4, -0.2) is 11.0 Å². The number of esters is 1. The fourth-order valence-electron chi connectivity index (χ4n) is 2.16. The van der Waals surface area contributed by atoms with E-state index in [0.29, 0.717) is 10.8 Å². The molecule has 0 radical (unpaired) electrons. The lowest BCUT2D eigenvalue weighted by molar-refractivity contribution is -0.131. The highest BCUT2D eigenvalue weighted by molar-refractivity contribution is 7.21. The summed E-state index contributed by atoms with van der Waals surface area (Å²) in [5, 5.41) is 1.48. The highest BCUT2D eigenvalue weighted by atomic mass is 35.5. The van der Waals surface area contributed by atoms with Gasteiger partial charge in [0.1, 0.15) is 10.8 Å². The van der Waals surface area contributed by atoms with Crippen LogP contribution >= 0.6 is 22.9 Å². The molecule has 0 aliphatic carbocycles. The Labute approximate surface area is 131 Å². The summed E-state index contributed by atoms with van der Waals surface area (Å²) >= 11 is 7.55. The van der Waals surface area contributed by atoms with Crippen molar-refractivity contribution >= 4 is 39.1 Å². The summed E-state index contributed by atoms with van der Waals surface area (Å²) in [6.45, 7) is 3.37. The normalized spacial score (nSPS) is 10.8. The van der Waals surface area contributed by atoms with Crippen LogP contribution in [0.5, 0.6) is 5.75 Å². The summed E-state index contributed by atoms with van der Waals surface area (Å²) in [7, 11) is 0. The van der Waals surface area contributed by atoms with Gasteiger partial charge in [-0.3, -0.25) is 4.79 Å². The molecule has 21 heavy (non-hydrogen) atoms. The van der Waals surface area contributed by atoms with Crippen molar-refractivity contribution < 1.29 is 9.53 Å². The van der Waals surface area contributed by atoms with Crippen molar-refractivity contribution in [2.75, 3.05) is 0 Å². The van der Waals surface area contributed by atoms with Gasteiger partial charge in [-0.2, -0.15) is 0 Å². The molecule has 0 atom stereocenters. The van der Waals surface area contributed by atoms with Crippen molar-refractivity contribution in [3.63, 3.8) is 0 Å². The molecule has 5 heteroatoms. The Morgan fingerprint density at radius 3 is 2.86 bits per heavy atom. The Kier molecular flexibility index (Phi) is 3.66. The van der Waals surface area contributed by atoms with E-state index in [9.17, 15) is 4.79 Å². The Hall–Kier alpha value is -1.91. The van der Waals surface area contributed by atoms with Crippen molar-refractivity contribution in [2.24, 2.45) is 0 Å². The molecule has 1 heterocycles. The minimum Gasteiger partial charge on any atom is -0.426 e. The third kappa shape index (κ3) is 2.77. The van der Waals surface area contributed by atoms with Gasteiger partial charge >= 0.3 is 5.97 Å². The van der Waals surface area contributed by atoms with E-state index in [4.69, 9.17) is 16.3 Å². The van der Waals surface area contributed by atoms with Gasteiger partial charge in [-0.25, -0.2) is 4.98 Å². The van der Waals surface area contributed by atoms with Crippen LogP contribution in [0.2, 0.25) is 5.02 Å². The van der Waals surface area contributed by atoms with E-state index in [0.717, 1.165) is 26.4 Å². The van der Waals surface area contributed by atoms with Crippen molar-refractivity contribution in [3.05, 3.63) is 47.0 Å². The molecule has 3 rings (SSSR count). The van der Waals surface area contributed by atoms with Crippen LogP contribution in [0.4, 0.5) is 0 Å². The fourth-order valence-corrected chi connectivity index (χ4v) is 3.39. The lowest BCUT2D eigenvalue weighted by Gasteiger charge is -2.09. The maximum Gasteiger partial charge on any atom is 0.308 e. The highest BCUT2D eigenvalue weighted by Crippen LogP contribution is 2.38. The van der Waals surface area contributed by atoms with E-state index in [-0.39, 0.29) is 5.97 Å². The molecule has 2 aromatic carbocycles. The number of carbonyl (C=O) groups is 1. The van der Waals surface area contributed by atoms with Gasteiger partial charge < -0.3 is 4.74 Å². The van der Waals surface area contributed by atoms with Crippen LogP contribution in [0.15, 0.2) is 36.4 Å². The number of hydrogen-bond donors (Lipinski definition) is 0. The van der Waals surface area contributed by atoms with Crippen LogP contribution in [-0.2, 0) is 4.79 Å². The zero-order chi connectivity index (χ0) is 15.0. The largest absolute Gasteiger partial charge is 0.426 e. The van der Waals surface area contributed by atoms with Crippen LogP contribution in [0.25, 0.3) is 20.8 Å². The quantitative estimate of drug-likeness (QED) is 0.501. The minimum atomic E-state index is -0.342. The SMILES string of the molecule is CC(=O)Oc1cccc(C)c1-c1nc2cc(Cl)ccc2s1. The van der Waals surface area contributed by atoms with Crippen LogP contribution in [0.1, 0.15) is 12.5 Å². The zero-order valence-corrected chi connectivity index (χ0v) is 13.1. The standard InChI is InChI=1S/C16H12ClNO2S/c1-9-4-3-5-13(20-10(2)19)15(9)16-18-12-8-11(17)6-7-14(12)21-16/h3-8H,1-2H3. The van der Waals surface area contributed by atoms with Crippen molar-refractivity contribution in [3.8, 4) is 16.3 Å². The number of fused-ring (bicyclic) bond motifs is 1. The zero-order valence-electron chi connectivity index (χ0n) is 11.5. The molecule has 3 nitrogen and oxygen atoms in total. The first-order valence-corrected chi connectivity index (χ1v) is 7.58. The summed E-state index contributed by atoms with van der Waals surface area (Å²) in [5.41, 5.74) is 2.71. The number of aromatic nitrogens is 1. The van der Waals surface area contributed by atoms with Gasteiger partial charge in [0, 0.05) is 11.9 Å². The number of thiazole rings is 1. The summed E-state index contributed by atoms with van der Waals surface area (Å²) in [6, 6.07) is 11.2. The number of ether oxygens (including phenoxy) is 1. The Bertz CT molecular complexity index is 841. The first-order valence-electron chi connectivity index (χ1n) is 6.39. The molecule has 0 saturated carbocycles. The van der Waals surface area contributed by atoms with Crippen molar-refractivity contribution in [1.29, 1.82) is 0 Å². The van der Waals surface area contributed by atoms with E-state index in [2.05, 4.69) is 4.98 Å². The second-order valence-electron chi connectivity index (χ2n) is 4.67. The Morgan fingerprint density at radius 1 is 1.29 bits per heavy atom. The van der Waals surface area contributed by atoms with Gasteiger partial charge in [0.05, 0.1) is 15.8 Å². The van der Waals surface area contributed by atoms with Crippen LogP contribution in [0.3, 0.4) is 0 Å². The fraction of sp³-hybridized carbons (Fsp3) is 0.125. The van der Waals surface area contributed by atoms with Gasteiger partial charge in [0.2, 0.25) is 0 Å². The molecule has 0 bridgehead atoms. The lowest BCUT2D eigenvalue weighted by atomic mass is 10.1. The molecule has 106 valence electrons. The molecule has 0 aliphatic rings. The smallest absolute Gasteiger partial charge is 0.308 e. The average Bonchev–Trinajstić information content (AvgIpc) is 2.80. The molecule has 0 saturated heterocycles. The van der Waals surface area contributed by atoms with Gasteiger partial charge in [0.25, 0.3) is 0 Å². The molecule has 3 aromatic rings. The first kappa shape index (κ1) is 14.0. The Balaban J connectivity index is 2.19. The minimum absolute atomic E-state index is 0.342. The number of hydrogen-bond acceptors (Lipinski definition) is 4. The number of halogens is 1. The summed E-state index contributed by atoms with van der Waals surface area (Å²) in [5.74, 6) is 0.193. The third-order valence-electron chi connectivity index (χ3n) is 3.05. The topological polar surface area (TPSA) is 39.2 Å². The number of carbonyl (C=O) groups excluding carboxylic acids is 1. The van der Waals surface area contributed by atoms with E-state index >= 15 is 0 Å². The second kappa shape index (κ2) is 5.47. The first-order chi connectivity index (χ1) is 10.0. The van der Waals surface area contributed by atoms with Gasteiger partial charge in [-0.1, -0.05) is 23.7 Å². The average molecular weight is 318 g/mol. The molecule has 0 N–H and O–H groups in total. The maximum atomic E-state index is 11.3. The molecule has 1 aromatic heterocycles. The van der Waals surface area contributed by atoms with Gasteiger partial charge in [-0.15, -0.1) is 11.3 Å². The predicted molar refractivity (Wildman–Crippen MR) is 86.1 cm³/mol. The molecule has 0 aliphatic heterocycles. The number of rotatable bonds is 2. The molecule has 0 amide bonds. The van der Waals surface area contributed by atoms with Gasteiger partial charge in [0.15, 0.2) is 0 Å². The van der Waals surface area contributed by atoms with Crippen LogP contribution < -0.4 is 4.74 Å². The number of benzene rings is 2. The summed E-state index contributed by atoms with van der Waals surface area (Å²) < 4.78 is 6.35. The molecule has 0 spiro atoms. The van der Waals surface area contributed by atoms with E-state index in [1.54, 1.807) is 17.4 Å². The van der Waals surface area contributed by atoms with E-state index < -0.39 is 0 Å². The molecule has 0 unspecified atom stereocenters. The molecule has 0 fully saturated rings. The molecular weight excluding hydrogens is 306 g/mol. The predicted octanol–water partition coefficient (Wildman–Crippen LogP) is 4.85. The van der Waals surface area contributed by atoms with E-state index in [1.807, 2.05) is 37.3 Å². The van der Waals surface area contributed by atoms with E-state index in [1.165, 1.54) is 6.92 Å². The van der Waals surface area contributed by atoms with Crippen molar-refractivity contribution in [2.45, 2.75) is 13.8 Å².